The maximum absolute atomic E-state index is 11.9. The van der Waals surface area contributed by atoms with Gasteiger partial charge in [-0.05, 0) is 86.5 Å². The molecule has 0 heterocycles. The molecule has 4 rings (SSSR count). The first-order valence-electron chi connectivity index (χ1n) is 11.0. The SMILES string of the molecule is CCOC(=O)C/C=C1\CC[C@H]2[C@@H]3CCC4=CC(=O)CC[C@]4(C)[C@H]3CC[C@]12C. The molecule has 27 heavy (non-hydrogen) atoms. The summed E-state index contributed by atoms with van der Waals surface area (Å²) >= 11 is 0. The van der Waals surface area contributed by atoms with Crippen LogP contribution < -0.4 is 0 Å². The quantitative estimate of drug-likeness (QED) is 0.493. The Morgan fingerprint density at radius 1 is 1.11 bits per heavy atom. The zero-order chi connectivity index (χ0) is 19.2. The van der Waals surface area contributed by atoms with E-state index in [9.17, 15) is 9.59 Å². The lowest BCUT2D eigenvalue weighted by atomic mass is 9.47. The molecule has 0 radical (unpaired) electrons. The minimum Gasteiger partial charge on any atom is -0.466 e. The molecule has 0 aromatic rings. The van der Waals surface area contributed by atoms with Gasteiger partial charge in [0, 0.05) is 6.42 Å². The molecule has 0 bridgehead atoms. The van der Waals surface area contributed by atoms with Gasteiger partial charge < -0.3 is 4.74 Å². The maximum Gasteiger partial charge on any atom is 0.309 e. The predicted octanol–water partition coefficient (Wildman–Crippen LogP) is 5.40. The molecule has 0 unspecified atom stereocenters. The van der Waals surface area contributed by atoms with Crippen LogP contribution in [0, 0.1) is 28.6 Å². The van der Waals surface area contributed by atoms with E-state index in [1.54, 1.807) is 0 Å². The second-order valence-corrected chi connectivity index (χ2v) is 9.70. The molecular weight excluding hydrogens is 336 g/mol. The molecule has 3 fully saturated rings. The van der Waals surface area contributed by atoms with Crippen LogP contribution in [0.15, 0.2) is 23.3 Å². The highest BCUT2D eigenvalue weighted by Crippen LogP contribution is 2.66. The van der Waals surface area contributed by atoms with Crippen LogP contribution in [-0.4, -0.2) is 18.4 Å². The minimum atomic E-state index is -0.0995. The van der Waals surface area contributed by atoms with Crippen LogP contribution in [0.1, 0.15) is 78.6 Å². The van der Waals surface area contributed by atoms with Crippen molar-refractivity contribution >= 4 is 11.8 Å². The largest absolute Gasteiger partial charge is 0.466 e. The van der Waals surface area contributed by atoms with Crippen molar-refractivity contribution in [2.45, 2.75) is 78.6 Å². The van der Waals surface area contributed by atoms with E-state index < -0.39 is 0 Å². The summed E-state index contributed by atoms with van der Waals surface area (Å²) in [7, 11) is 0. The smallest absolute Gasteiger partial charge is 0.309 e. The number of hydrogen-bond donors (Lipinski definition) is 0. The summed E-state index contributed by atoms with van der Waals surface area (Å²) in [5.41, 5.74) is 3.45. The van der Waals surface area contributed by atoms with Crippen LogP contribution in [0.25, 0.3) is 0 Å². The summed E-state index contributed by atoms with van der Waals surface area (Å²) in [6.45, 7) is 7.22. The third-order valence-electron chi connectivity index (χ3n) is 8.63. The number of hydrogen-bond acceptors (Lipinski definition) is 3. The molecule has 0 aliphatic heterocycles. The highest BCUT2D eigenvalue weighted by Gasteiger charge is 2.57. The second-order valence-electron chi connectivity index (χ2n) is 9.70. The summed E-state index contributed by atoms with van der Waals surface area (Å²) in [5, 5.41) is 0. The van der Waals surface area contributed by atoms with Crippen molar-refractivity contribution in [1.29, 1.82) is 0 Å². The van der Waals surface area contributed by atoms with E-state index in [-0.39, 0.29) is 16.8 Å². The van der Waals surface area contributed by atoms with E-state index in [2.05, 4.69) is 19.9 Å². The summed E-state index contributed by atoms with van der Waals surface area (Å²) in [6, 6.07) is 0. The summed E-state index contributed by atoms with van der Waals surface area (Å²) < 4.78 is 5.12. The minimum absolute atomic E-state index is 0.0995. The van der Waals surface area contributed by atoms with Crippen molar-refractivity contribution in [3.8, 4) is 0 Å². The van der Waals surface area contributed by atoms with Crippen LogP contribution in [-0.2, 0) is 14.3 Å². The second kappa shape index (κ2) is 6.90. The van der Waals surface area contributed by atoms with Gasteiger partial charge in [-0.25, -0.2) is 0 Å². The number of ether oxygens (including phenoxy) is 1. The van der Waals surface area contributed by atoms with Crippen molar-refractivity contribution in [1.82, 2.24) is 0 Å². The Morgan fingerprint density at radius 3 is 2.67 bits per heavy atom. The fourth-order valence-corrected chi connectivity index (χ4v) is 7.17. The van der Waals surface area contributed by atoms with Gasteiger partial charge in [0.1, 0.15) is 0 Å². The zero-order valence-electron chi connectivity index (χ0n) is 17.2. The van der Waals surface area contributed by atoms with Gasteiger partial charge in [-0.1, -0.05) is 31.1 Å². The number of fused-ring (bicyclic) bond motifs is 5. The average Bonchev–Trinajstić information content (AvgIpc) is 2.97. The van der Waals surface area contributed by atoms with Crippen LogP contribution in [0.5, 0.6) is 0 Å². The van der Waals surface area contributed by atoms with Gasteiger partial charge in [0.2, 0.25) is 0 Å². The molecule has 0 N–H and O–H groups in total. The summed E-state index contributed by atoms with van der Waals surface area (Å²) in [4.78, 5) is 23.8. The molecule has 148 valence electrons. The molecule has 3 nitrogen and oxygen atoms in total. The molecule has 3 saturated carbocycles. The molecule has 5 atom stereocenters. The Kier molecular flexibility index (Phi) is 4.84. The topological polar surface area (TPSA) is 43.4 Å². The monoisotopic (exact) mass is 370 g/mol. The molecule has 4 aliphatic rings. The third kappa shape index (κ3) is 3.02. The van der Waals surface area contributed by atoms with Gasteiger partial charge in [-0.2, -0.15) is 0 Å². The first-order chi connectivity index (χ1) is 12.9. The Hall–Kier alpha value is -1.38. The number of carbonyl (C=O) groups excluding carboxylic acids is 2. The van der Waals surface area contributed by atoms with Crippen molar-refractivity contribution < 1.29 is 14.3 Å². The van der Waals surface area contributed by atoms with E-state index in [4.69, 9.17) is 4.74 Å². The molecule has 3 heteroatoms. The average molecular weight is 371 g/mol. The fraction of sp³-hybridized carbons (Fsp3) is 0.750. The van der Waals surface area contributed by atoms with E-state index in [0.717, 1.165) is 43.4 Å². The van der Waals surface area contributed by atoms with E-state index in [1.165, 1.54) is 36.8 Å². The predicted molar refractivity (Wildman–Crippen MR) is 106 cm³/mol. The van der Waals surface area contributed by atoms with Crippen LogP contribution in [0.2, 0.25) is 0 Å². The van der Waals surface area contributed by atoms with Crippen LogP contribution >= 0.6 is 0 Å². The van der Waals surface area contributed by atoms with E-state index >= 15 is 0 Å². The van der Waals surface area contributed by atoms with Gasteiger partial charge >= 0.3 is 5.97 Å². The van der Waals surface area contributed by atoms with E-state index in [1.807, 2.05) is 13.0 Å². The summed E-state index contributed by atoms with van der Waals surface area (Å²) in [6.07, 6.45) is 13.6. The molecule has 0 saturated heterocycles. The lowest BCUT2D eigenvalue weighted by Crippen LogP contribution is -2.49. The highest BCUT2D eigenvalue weighted by atomic mass is 16.5. The van der Waals surface area contributed by atoms with Gasteiger partial charge in [0.15, 0.2) is 5.78 Å². The van der Waals surface area contributed by atoms with Gasteiger partial charge in [0.05, 0.1) is 13.0 Å². The molecule has 0 amide bonds. The summed E-state index contributed by atoms with van der Waals surface area (Å²) in [5.74, 6) is 2.48. The Morgan fingerprint density at radius 2 is 1.89 bits per heavy atom. The van der Waals surface area contributed by atoms with Gasteiger partial charge in [0.25, 0.3) is 0 Å². The Bertz CT molecular complexity index is 702. The van der Waals surface area contributed by atoms with Gasteiger partial charge in [-0.15, -0.1) is 0 Å². The number of carbonyl (C=O) groups is 2. The zero-order valence-corrected chi connectivity index (χ0v) is 17.2. The van der Waals surface area contributed by atoms with Crippen molar-refractivity contribution in [3.63, 3.8) is 0 Å². The molecular formula is C24H34O3. The normalized spacial score (nSPS) is 42.2. The van der Waals surface area contributed by atoms with Crippen molar-refractivity contribution in [2.24, 2.45) is 28.6 Å². The van der Waals surface area contributed by atoms with Gasteiger partial charge in [-0.3, -0.25) is 9.59 Å². The fourth-order valence-electron chi connectivity index (χ4n) is 7.17. The first-order valence-corrected chi connectivity index (χ1v) is 11.0. The Labute approximate surface area is 163 Å². The lowest BCUT2D eigenvalue weighted by molar-refractivity contribution is -0.142. The molecule has 0 aromatic carbocycles. The lowest BCUT2D eigenvalue weighted by Gasteiger charge is -2.57. The van der Waals surface area contributed by atoms with Crippen molar-refractivity contribution in [2.75, 3.05) is 6.61 Å². The van der Waals surface area contributed by atoms with Crippen molar-refractivity contribution in [3.05, 3.63) is 23.3 Å². The number of allylic oxidation sites excluding steroid dienone is 2. The molecule has 4 aliphatic carbocycles. The standard InChI is InChI=1S/C24H34O3/c1-4-27-22(26)10-7-16-6-9-20-19-8-5-17-15-18(25)11-13-24(17,3)21(19)12-14-23(16,20)2/h7,15,19-21H,4-6,8-14H2,1-3H3/b16-7+/t19-,20-,21-,23+,24-/m0/s1. The number of ketones is 1. The third-order valence-corrected chi connectivity index (χ3v) is 8.63. The highest BCUT2D eigenvalue weighted by molar-refractivity contribution is 5.91. The molecule has 0 aromatic heterocycles. The first kappa shape index (κ1) is 19.0. The van der Waals surface area contributed by atoms with Crippen LogP contribution in [0.4, 0.5) is 0 Å². The van der Waals surface area contributed by atoms with Crippen LogP contribution in [0.3, 0.4) is 0 Å². The number of esters is 1. The maximum atomic E-state index is 11.9. The molecule has 0 spiro atoms. The Balaban J connectivity index is 1.56. The number of rotatable bonds is 3. The van der Waals surface area contributed by atoms with E-state index in [0.29, 0.717) is 18.8 Å².